The van der Waals surface area contributed by atoms with Gasteiger partial charge in [0.2, 0.25) is 0 Å². The number of rotatable bonds is 8. The van der Waals surface area contributed by atoms with Crippen LogP contribution >= 0.6 is 51.5 Å². The van der Waals surface area contributed by atoms with E-state index in [1.807, 2.05) is 6.07 Å². The largest absolute Gasteiger partial charge is 0.320 e. The fourth-order valence-corrected chi connectivity index (χ4v) is 6.23. The Kier molecular flexibility index (Phi) is 8.93. The van der Waals surface area contributed by atoms with Crippen molar-refractivity contribution in [3.05, 3.63) is 121 Å². The molecule has 0 bridgehead atoms. The molecule has 0 aliphatic heterocycles. The zero-order chi connectivity index (χ0) is 23.4. The van der Waals surface area contributed by atoms with Gasteiger partial charge >= 0.3 is 0 Å². The second-order valence-electron chi connectivity index (χ2n) is 8.97. The molecule has 1 saturated carbocycles. The molecule has 2 nitrogen and oxygen atoms in total. The van der Waals surface area contributed by atoms with Gasteiger partial charge in [-0.3, -0.25) is 4.99 Å². The lowest BCUT2D eigenvalue weighted by Gasteiger charge is -2.43. The number of thiazole rings is 1. The minimum Gasteiger partial charge on any atom is -0.320 e. The Bertz CT molecular complexity index is 1310. The minimum absolute atomic E-state index is 0. The summed E-state index contributed by atoms with van der Waals surface area (Å²) in [5, 5.41) is 3.57. The third-order valence-corrected chi connectivity index (χ3v) is 8.56. The quantitative estimate of drug-likeness (QED) is 0.197. The van der Waals surface area contributed by atoms with Crippen LogP contribution in [-0.2, 0) is 24.8 Å². The van der Waals surface area contributed by atoms with Crippen molar-refractivity contribution in [2.24, 2.45) is 4.99 Å². The summed E-state index contributed by atoms with van der Waals surface area (Å²) in [7, 11) is 0. The fourth-order valence-electron chi connectivity index (χ4n) is 4.88. The zero-order valence-electron chi connectivity index (χ0n) is 19.5. The van der Waals surface area contributed by atoms with Crippen LogP contribution in [0.1, 0.15) is 41.6 Å². The van der Waals surface area contributed by atoms with Gasteiger partial charge in [0.15, 0.2) is 4.80 Å². The van der Waals surface area contributed by atoms with E-state index in [-0.39, 0.29) is 22.4 Å². The topological polar surface area (TPSA) is 17.3 Å². The standard InChI is InChI=1S/C29H28Cl2N2S.BrH/c30-25-13-12-24(20-26(25)31)29(16-7-17-29)27-21-34-28(32-18-14-22-8-3-1-4-9-22)33(27)19-15-23-10-5-2-6-11-23;/h1-6,8-13,20-21H,7,14-19H2;1H. The van der Waals surface area contributed by atoms with Gasteiger partial charge in [-0.05, 0) is 54.5 Å². The first kappa shape index (κ1) is 26.2. The van der Waals surface area contributed by atoms with Crippen LogP contribution in [0.25, 0.3) is 0 Å². The Morgan fingerprint density at radius 2 is 1.49 bits per heavy atom. The summed E-state index contributed by atoms with van der Waals surface area (Å²) in [6.07, 6.45) is 5.39. The molecule has 0 spiro atoms. The van der Waals surface area contributed by atoms with E-state index in [2.05, 4.69) is 82.7 Å². The number of benzene rings is 3. The molecule has 0 atom stereocenters. The van der Waals surface area contributed by atoms with E-state index in [4.69, 9.17) is 28.2 Å². The smallest absolute Gasteiger partial charge is 0.184 e. The first-order valence-electron chi connectivity index (χ1n) is 11.9. The van der Waals surface area contributed by atoms with E-state index < -0.39 is 0 Å². The lowest BCUT2D eigenvalue weighted by atomic mass is 9.62. The Morgan fingerprint density at radius 1 is 0.829 bits per heavy atom. The first-order valence-corrected chi connectivity index (χ1v) is 13.5. The van der Waals surface area contributed by atoms with Gasteiger partial charge < -0.3 is 4.57 Å². The number of nitrogens with zero attached hydrogens (tertiary/aromatic N) is 2. The van der Waals surface area contributed by atoms with Crippen molar-refractivity contribution in [2.45, 2.75) is 44.1 Å². The van der Waals surface area contributed by atoms with Gasteiger partial charge in [-0.2, -0.15) is 0 Å². The molecule has 182 valence electrons. The molecule has 4 aromatic rings. The van der Waals surface area contributed by atoms with Gasteiger partial charge in [0, 0.05) is 29.6 Å². The maximum Gasteiger partial charge on any atom is 0.184 e. The predicted molar refractivity (Wildman–Crippen MR) is 154 cm³/mol. The van der Waals surface area contributed by atoms with Crippen LogP contribution in [0.2, 0.25) is 10.0 Å². The van der Waals surface area contributed by atoms with Crippen molar-refractivity contribution in [3.63, 3.8) is 0 Å². The molecule has 1 fully saturated rings. The summed E-state index contributed by atoms with van der Waals surface area (Å²) in [4.78, 5) is 6.17. The van der Waals surface area contributed by atoms with Crippen LogP contribution in [-0.4, -0.2) is 11.1 Å². The van der Waals surface area contributed by atoms with Crippen LogP contribution in [0, 0.1) is 0 Å². The number of hydrogen-bond donors (Lipinski definition) is 0. The Labute approximate surface area is 232 Å². The van der Waals surface area contributed by atoms with Crippen molar-refractivity contribution in [2.75, 3.05) is 6.54 Å². The van der Waals surface area contributed by atoms with Crippen molar-refractivity contribution in [3.8, 4) is 0 Å². The average molecular weight is 588 g/mol. The number of aromatic nitrogens is 1. The molecule has 1 aliphatic carbocycles. The Morgan fingerprint density at radius 3 is 2.09 bits per heavy atom. The molecule has 5 rings (SSSR count). The van der Waals surface area contributed by atoms with E-state index in [9.17, 15) is 0 Å². The van der Waals surface area contributed by atoms with Crippen LogP contribution in [0.5, 0.6) is 0 Å². The molecule has 1 heterocycles. The van der Waals surface area contributed by atoms with E-state index in [0.29, 0.717) is 10.0 Å². The third kappa shape index (κ3) is 5.77. The van der Waals surface area contributed by atoms with Crippen LogP contribution in [0.15, 0.2) is 89.2 Å². The molecular formula is C29H29BrCl2N2S. The molecular weight excluding hydrogens is 559 g/mol. The maximum absolute atomic E-state index is 6.45. The van der Waals surface area contributed by atoms with E-state index in [0.717, 1.165) is 43.6 Å². The lowest BCUT2D eigenvalue weighted by Crippen LogP contribution is -2.39. The van der Waals surface area contributed by atoms with Gasteiger partial charge in [0.25, 0.3) is 0 Å². The average Bonchev–Trinajstić information content (AvgIpc) is 3.23. The molecule has 6 heteroatoms. The van der Waals surface area contributed by atoms with Crippen LogP contribution in [0.4, 0.5) is 0 Å². The molecule has 35 heavy (non-hydrogen) atoms. The van der Waals surface area contributed by atoms with Gasteiger partial charge in [0.05, 0.1) is 10.0 Å². The number of hydrogen-bond acceptors (Lipinski definition) is 2. The summed E-state index contributed by atoms with van der Waals surface area (Å²) in [5.41, 5.74) is 5.27. The summed E-state index contributed by atoms with van der Waals surface area (Å²) in [6, 6.07) is 27.5. The summed E-state index contributed by atoms with van der Waals surface area (Å²) in [5.74, 6) is 0. The van der Waals surface area contributed by atoms with Gasteiger partial charge in [-0.1, -0.05) is 96.4 Å². The van der Waals surface area contributed by atoms with Crippen molar-refractivity contribution < 1.29 is 0 Å². The summed E-state index contributed by atoms with van der Waals surface area (Å²) in [6.45, 7) is 1.70. The van der Waals surface area contributed by atoms with Crippen LogP contribution < -0.4 is 4.80 Å². The highest BCUT2D eigenvalue weighted by molar-refractivity contribution is 8.93. The number of aryl methyl sites for hydroxylation is 1. The molecule has 1 aromatic heterocycles. The molecule has 0 radical (unpaired) electrons. The molecule has 3 aromatic carbocycles. The van der Waals surface area contributed by atoms with Gasteiger partial charge in [-0.15, -0.1) is 28.3 Å². The molecule has 0 N–H and O–H groups in total. The number of halogens is 3. The molecule has 0 unspecified atom stereocenters. The van der Waals surface area contributed by atoms with Crippen molar-refractivity contribution in [1.29, 1.82) is 0 Å². The van der Waals surface area contributed by atoms with E-state index in [1.165, 1.54) is 28.8 Å². The molecule has 1 aliphatic rings. The monoisotopic (exact) mass is 586 g/mol. The fraction of sp³-hybridized carbons (Fsp3) is 0.276. The summed E-state index contributed by atoms with van der Waals surface area (Å²) >= 11 is 14.5. The zero-order valence-corrected chi connectivity index (χ0v) is 23.5. The highest BCUT2D eigenvalue weighted by Gasteiger charge is 2.43. The Balaban J connectivity index is 0.00000289. The molecule has 0 saturated heterocycles. The maximum atomic E-state index is 6.45. The van der Waals surface area contributed by atoms with E-state index in [1.54, 1.807) is 11.3 Å². The van der Waals surface area contributed by atoms with Gasteiger partial charge in [0.1, 0.15) is 0 Å². The molecule has 0 amide bonds. The lowest BCUT2D eigenvalue weighted by molar-refractivity contribution is 0.282. The van der Waals surface area contributed by atoms with E-state index >= 15 is 0 Å². The minimum atomic E-state index is -0.0192. The summed E-state index contributed by atoms with van der Waals surface area (Å²) < 4.78 is 2.46. The Hall–Kier alpha value is -1.85. The first-order chi connectivity index (χ1) is 16.7. The normalized spacial score (nSPS) is 14.9. The van der Waals surface area contributed by atoms with Crippen LogP contribution in [0.3, 0.4) is 0 Å². The highest BCUT2D eigenvalue weighted by atomic mass is 79.9. The van der Waals surface area contributed by atoms with Crippen molar-refractivity contribution in [1.82, 2.24) is 4.57 Å². The SMILES string of the molecule is Br.Clc1ccc(C2(c3csc(=NCCc4ccccc4)n3CCc3ccccc3)CCC2)cc1Cl. The second-order valence-corrected chi connectivity index (χ2v) is 10.6. The third-order valence-electron chi connectivity index (χ3n) is 6.92. The second kappa shape index (κ2) is 11.9. The predicted octanol–water partition coefficient (Wildman–Crippen LogP) is 8.29. The van der Waals surface area contributed by atoms with Crippen molar-refractivity contribution >= 4 is 51.5 Å². The highest BCUT2D eigenvalue weighted by Crippen LogP contribution is 2.50. The van der Waals surface area contributed by atoms with Gasteiger partial charge in [-0.25, -0.2) is 0 Å².